The first-order valence-corrected chi connectivity index (χ1v) is 19.2. The van der Waals surface area contributed by atoms with Crippen LogP contribution in [0.15, 0.2) is 163 Å². The van der Waals surface area contributed by atoms with Gasteiger partial charge >= 0.3 is 0 Å². The van der Waals surface area contributed by atoms with Crippen LogP contribution in [0.3, 0.4) is 0 Å². The number of carbonyl (C=O) groups excluding carboxylic acids is 6. The maximum absolute atomic E-state index is 13.6. The lowest BCUT2D eigenvalue weighted by molar-refractivity contribution is -0.134. The number of hydrogen-bond donors (Lipinski definition) is 2. The number of aliphatic hydroxyl groups is 1. The van der Waals surface area contributed by atoms with E-state index in [-0.39, 0.29) is 29.7 Å². The molecule has 300 valence electrons. The second-order valence-corrected chi connectivity index (χ2v) is 14.2. The summed E-state index contributed by atoms with van der Waals surface area (Å²) in [5.74, 6) is -1.49. The smallest absolute Gasteiger partial charge is 0.296 e. The van der Waals surface area contributed by atoms with Gasteiger partial charge < -0.3 is 20.1 Å². The fraction of sp³-hybridized carbons (Fsp3) is 0.0833. The number of nitrogens with zero attached hydrogens (tertiary/aromatic N) is 1. The summed E-state index contributed by atoms with van der Waals surface area (Å²) in [5.41, 5.74) is 3.45. The number of aliphatic hydroxyl groups excluding tert-OH is 1. The van der Waals surface area contributed by atoms with Crippen LogP contribution >= 0.6 is 23.2 Å². The molecule has 0 saturated carbocycles. The van der Waals surface area contributed by atoms with Gasteiger partial charge in [0.25, 0.3) is 17.6 Å². The molecule has 0 fully saturated rings. The van der Waals surface area contributed by atoms with Gasteiger partial charge in [0.15, 0.2) is 17.3 Å². The summed E-state index contributed by atoms with van der Waals surface area (Å²) in [6.45, 7) is 0. The number of benzene rings is 6. The zero-order valence-corrected chi connectivity index (χ0v) is 33.7. The van der Waals surface area contributed by atoms with E-state index in [0.29, 0.717) is 60.6 Å². The molecule has 0 saturated heterocycles. The van der Waals surface area contributed by atoms with Crippen molar-refractivity contribution >= 4 is 75.3 Å². The third-order valence-corrected chi connectivity index (χ3v) is 10.1. The molecule has 0 aromatic heterocycles. The summed E-state index contributed by atoms with van der Waals surface area (Å²) in [6.07, 6.45) is -0.0754. The van der Waals surface area contributed by atoms with Crippen molar-refractivity contribution in [2.75, 3.05) is 24.4 Å². The molecule has 2 amide bonds. The molecule has 60 heavy (non-hydrogen) atoms. The fourth-order valence-corrected chi connectivity index (χ4v) is 7.10. The molecule has 3 aliphatic rings. The molecule has 0 unspecified atom stereocenters. The van der Waals surface area contributed by atoms with Crippen LogP contribution in [-0.2, 0) is 19.9 Å². The van der Waals surface area contributed by atoms with Crippen molar-refractivity contribution in [1.29, 1.82) is 0 Å². The Hall–Kier alpha value is -6.98. The molecule has 1 atom stereocenters. The molecule has 3 heterocycles. The van der Waals surface area contributed by atoms with Crippen LogP contribution in [0.4, 0.5) is 11.4 Å². The molecule has 9 rings (SSSR count). The van der Waals surface area contributed by atoms with Crippen molar-refractivity contribution < 1.29 is 38.6 Å². The topological polar surface area (TPSA) is 147 Å². The molecule has 6 aromatic carbocycles. The predicted octanol–water partition coefficient (Wildman–Crippen LogP) is 9.06. The highest BCUT2D eigenvalue weighted by molar-refractivity contribution is 6.52. The predicted molar refractivity (Wildman–Crippen MR) is 230 cm³/mol. The van der Waals surface area contributed by atoms with E-state index in [9.17, 15) is 28.8 Å². The van der Waals surface area contributed by atoms with Crippen molar-refractivity contribution in [3.05, 3.63) is 207 Å². The summed E-state index contributed by atoms with van der Waals surface area (Å²) in [4.78, 5) is 74.0. The van der Waals surface area contributed by atoms with Crippen LogP contribution in [0, 0.1) is 0 Å². The fourth-order valence-electron chi connectivity index (χ4n) is 6.75. The number of amides is 2. The summed E-state index contributed by atoms with van der Waals surface area (Å²) in [6, 6.07) is 46.0. The third-order valence-electron chi connectivity index (χ3n) is 9.63. The van der Waals surface area contributed by atoms with Crippen LogP contribution in [0.25, 0.3) is 5.76 Å². The number of nitrogens with one attached hydrogen (secondary N) is 1. The first kappa shape index (κ1) is 42.6. The first-order valence-electron chi connectivity index (χ1n) is 18.4. The van der Waals surface area contributed by atoms with E-state index in [1.807, 2.05) is 48.5 Å². The molecular weight excluding hydrogens is 803 g/mol. The Bertz CT molecular complexity index is 2590. The minimum Gasteiger partial charge on any atom is -0.466 e. The Kier molecular flexibility index (Phi) is 13.3. The van der Waals surface area contributed by atoms with E-state index in [1.54, 1.807) is 110 Å². The Morgan fingerprint density at radius 2 is 1.13 bits per heavy atom. The number of hydrogen-bond acceptors (Lipinski definition) is 8. The van der Waals surface area contributed by atoms with Gasteiger partial charge in [0.1, 0.15) is 11.3 Å². The number of ketones is 4. The standard InChI is InChI=1S/C24H16ClNO3.C15H12O2.C8H4ClNO2.CH4O/c1-26-19-13-12-17(25)14-18(19)24(23(26)28)20(21(27)15-8-4-2-5-9-15)22(29-24)16-10-6-3-7-11-16;16-14(12-7-3-1-4-8-12)11-15(17)13-9-5-2-6-10-13;9-4-1-2-6-5(3-4)7(11)8(12)10-6;1-2/h2-14H,1H3;1-10H,11H2;1-3H,(H,10,11,12);2H,1H3/t24-;;;/m1.../s1. The number of Topliss-reactive ketones (excluding diaryl/α,β-unsaturated/α-hetero) is 4. The molecule has 3 aliphatic heterocycles. The number of carbonyl (C=O) groups is 6. The van der Waals surface area contributed by atoms with Gasteiger partial charge in [-0.15, -0.1) is 0 Å². The van der Waals surface area contributed by atoms with Gasteiger partial charge in [0.05, 0.1) is 23.4 Å². The number of halogens is 2. The second-order valence-electron chi connectivity index (χ2n) is 13.3. The minimum absolute atomic E-state index is 0.0754. The van der Waals surface area contributed by atoms with E-state index in [2.05, 4.69) is 5.32 Å². The average Bonchev–Trinajstić information content (AvgIpc) is 3.68. The average molecular weight is 840 g/mol. The van der Waals surface area contributed by atoms with Crippen molar-refractivity contribution in [2.45, 2.75) is 12.0 Å². The Morgan fingerprint density at radius 1 is 0.650 bits per heavy atom. The number of fused-ring (bicyclic) bond motifs is 3. The molecule has 1 spiro atoms. The molecule has 2 N–H and O–H groups in total. The van der Waals surface area contributed by atoms with Crippen molar-refractivity contribution in [1.82, 2.24) is 0 Å². The van der Waals surface area contributed by atoms with Gasteiger partial charge in [-0.2, -0.15) is 0 Å². The quantitative estimate of drug-likeness (QED) is 0.0920. The normalized spacial score (nSPS) is 15.3. The van der Waals surface area contributed by atoms with Crippen LogP contribution in [0.2, 0.25) is 10.0 Å². The monoisotopic (exact) mass is 838 g/mol. The van der Waals surface area contributed by atoms with E-state index in [1.165, 1.54) is 11.0 Å². The van der Waals surface area contributed by atoms with E-state index >= 15 is 0 Å². The maximum atomic E-state index is 13.6. The Balaban J connectivity index is 0.000000164. The first-order chi connectivity index (χ1) is 29.0. The third kappa shape index (κ3) is 8.57. The zero-order chi connectivity index (χ0) is 43.0. The van der Waals surface area contributed by atoms with Crippen LogP contribution < -0.4 is 10.2 Å². The number of anilines is 2. The van der Waals surface area contributed by atoms with E-state index in [4.69, 9.17) is 33.0 Å². The highest BCUT2D eigenvalue weighted by atomic mass is 35.5. The van der Waals surface area contributed by atoms with Crippen molar-refractivity contribution in [2.24, 2.45) is 0 Å². The van der Waals surface area contributed by atoms with E-state index < -0.39 is 17.3 Å². The van der Waals surface area contributed by atoms with Gasteiger partial charge in [-0.1, -0.05) is 145 Å². The van der Waals surface area contributed by atoms with Crippen molar-refractivity contribution in [3.63, 3.8) is 0 Å². The SMILES string of the molecule is CN1C(=O)[C@@]2(OC(c3ccccc3)=C2C(=O)c2ccccc2)c2cc(Cl)ccc21.CO.O=C(CC(=O)c1ccccc1)c1ccccc1.O=C1Nc2ccc(Cl)cc2C1=O. The molecular formula is C48H36Cl2N2O8. The minimum atomic E-state index is -1.48. The number of likely N-dealkylation sites (N-methyl/N-ethyl adjacent to an activating group) is 1. The lowest BCUT2D eigenvalue weighted by atomic mass is 9.76. The Labute approximate surface area is 355 Å². The van der Waals surface area contributed by atoms with Gasteiger partial charge in [-0.3, -0.25) is 28.8 Å². The lowest BCUT2D eigenvalue weighted by Crippen LogP contribution is -2.50. The summed E-state index contributed by atoms with van der Waals surface area (Å²) in [7, 11) is 2.68. The molecule has 12 heteroatoms. The molecule has 6 aromatic rings. The number of ether oxygens (including phenoxy) is 1. The van der Waals surface area contributed by atoms with Crippen LogP contribution in [0.1, 0.15) is 59.0 Å². The van der Waals surface area contributed by atoms with Crippen molar-refractivity contribution in [3.8, 4) is 0 Å². The largest absolute Gasteiger partial charge is 0.466 e. The summed E-state index contributed by atoms with van der Waals surface area (Å²) < 4.78 is 6.20. The van der Waals surface area contributed by atoms with E-state index in [0.717, 1.165) is 12.7 Å². The Morgan fingerprint density at radius 3 is 1.68 bits per heavy atom. The van der Waals surface area contributed by atoms with Gasteiger partial charge in [0, 0.05) is 52.0 Å². The van der Waals surface area contributed by atoms with Gasteiger partial charge in [0.2, 0.25) is 5.60 Å². The molecule has 10 nitrogen and oxygen atoms in total. The van der Waals surface area contributed by atoms with Gasteiger partial charge in [-0.25, -0.2) is 0 Å². The van der Waals surface area contributed by atoms with Crippen LogP contribution in [-0.4, -0.2) is 54.2 Å². The zero-order valence-electron chi connectivity index (χ0n) is 32.2. The van der Waals surface area contributed by atoms with Gasteiger partial charge in [-0.05, 0) is 36.4 Å². The molecule has 0 radical (unpaired) electrons. The summed E-state index contributed by atoms with van der Waals surface area (Å²) in [5, 5.41) is 10.4. The highest BCUT2D eigenvalue weighted by Gasteiger charge is 2.64. The maximum Gasteiger partial charge on any atom is 0.296 e. The van der Waals surface area contributed by atoms with Crippen LogP contribution in [0.5, 0.6) is 0 Å². The lowest BCUT2D eigenvalue weighted by Gasteiger charge is -2.41. The summed E-state index contributed by atoms with van der Waals surface area (Å²) >= 11 is 11.9. The molecule has 0 aliphatic carbocycles. The second kappa shape index (κ2) is 18.7. The molecule has 0 bridgehead atoms. The number of rotatable bonds is 7. The highest BCUT2D eigenvalue weighted by Crippen LogP contribution is 2.57.